The summed E-state index contributed by atoms with van der Waals surface area (Å²) in [7, 11) is 0. The fourth-order valence-corrected chi connectivity index (χ4v) is 1.41. The number of aryl methyl sites for hydroxylation is 1. The lowest BCUT2D eigenvalue weighted by atomic mass is 10.4. The number of hydrogen-bond donors (Lipinski definition) is 1. The lowest BCUT2D eigenvalue weighted by molar-refractivity contribution is 0.297. The number of anilines is 1. The molecule has 16 heavy (non-hydrogen) atoms. The molecule has 2 rings (SSSR count). The van der Waals surface area contributed by atoms with Gasteiger partial charge in [0.15, 0.2) is 0 Å². The molecule has 4 heteroatoms. The Bertz CT molecular complexity index is 350. The zero-order valence-electron chi connectivity index (χ0n) is 9.99. The highest BCUT2D eigenvalue weighted by molar-refractivity contribution is 5.33. The normalized spacial score (nSPS) is 14.9. The maximum Gasteiger partial charge on any atom is 0.226 e. The van der Waals surface area contributed by atoms with Crippen LogP contribution in [0.3, 0.4) is 0 Å². The van der Waals surface area contributed by atoms with Crippen LogP contribution in [0, 0.1) is 6.92 Å². The summed E-state index contributed by atoms with van der Waals surface area (Å²) in [5, 5.41) is 3.29. The summed E-state index contributed by atoms with van der Waals surface area (Å²) in [6.07, 6.45) is 4.65. The summed E-state index contributed by atoms with van der Waals surface area (Å²) in [6, 6.07) is 2.46. The molecule has 4 nitrogen and oxygen atoms in total. The number of nitrogens with one attached hydrogen (secondary N) is 1. The number of rotatable bonds is 6. The molecule has 1 aromatic heterocycles. The van der Waals surface area contributed by atoms with Gasteiger partial charge in [-0.25, -0.2) is 4.98 Å². The van der Waals surface area contributed by atoms with Crippen molar-refractivity contribution in [2.75, 3.05) is 11.9 Å². The Morgan fingerprint density at radius 1 is 1.44 bits per heavy atom. The van der Waals surface area contributed by atoms with Gasteiger partial charge in [0.2, 0.25) is 11.8 Å². The molecule has 1 N–H and O–H groups in total. The van der Waals surface area contributed by atoms with E-state index in [9.17, 15) is 0 Å². The number of unbranched alkanes of at least 4 members (excludes halogenated alkanes) is 1. The van der Waals surface area contributed by atoms with Crippen LogP contribution in [0.5, 0.6) is 5.88 Å². The van der Waals surface area contributed by atoms with Gasteiger partial charge in [0, 0.05) is 17.8 Å². The summed E-state index contributed by atoms with van der Waals surface area (Å²) < 4.78 is 5.58. The van der Waals surface area contributed by atoms with Crippen molar-refractivity contribution >= 4 is 5.95 Å². The summed E-state index contributed by atoms with van der Waals surface area (Å²) in [4.78, 5) is 8.68. The van der Waals surface area contributed by atoms with Crippen molar-refractivity contribution < 1.29 is 4.74 Å². The van der Waals surface area contributed by atoms with Crippen LogP contribution in [0.25, 0.3) is 0 Å². The zero-order valence-corrected chi connectivity index (χ0v) is 9.99. The fourth-order valence-electron chi connectivity index (χ4n) is 1.41. The van der Waals surface area contributed by atoms with Crippen LogP contribution in [-0.4, -0.2) is 22.6 Å². The first-order valence-electron chi connectivity index (χ1n) is 6.03. The van der Waals surface area contributed by atoms with E-state index in [1.165, 1.54) is 12.8 Å². The molecule has 0 atom stereocenters. The molecule has 0 spiro atoms. The van der Waals surface area contributed by atoms with E-state index in [-0.39, 0.29) is 0 Å². The second kappa shape index (κ2) is 5.14. The molecule has 1 fully saturated rings. The maximum atomic E-state index is 5.58. The Balaban J connectivity index is 1.96. The second-order valence-corrected chi connectivity index (χ2v) is 4.29. The molecule has 1 saturated carbocycles. The topological polar surface area (TPSA) is 47.0 Å². The molecule has 88 valence electrons. The Kier molecular flexibility index (Phi) is 3.59. The van der Waals surface area contributed by atoms with E-state index in [1.807, 2.05) is 13.0 Å². The minimum absolute atomic E-state index is 0.574. The van der Waals surface area contributed by atoms with Crippen LogP contribution in [0.15, 0.2) is 6.07 Å². The third kappa shape index (κ3) is 3.36. The van der Waals surface area contributed by atoms with Gasteiger partial charge in [-0.3, -0.25) is 0 Å². The first kappa shape index (κ1) is 11.2. The Hall–Kier alpha value is -1.32. The Morgan fingerprint density at radius 2 is 2.25 bits per heavy atom. The summed E-state index contributed by atoms with van der Waals surface area (Å²) in [6.45, 7) is 4.84. The van der Waals surface area contributed by atoms with Crippen molar-refractivity contribution in [3.63, 3.8) is 0 Å². The van der Waals surface area contributed by atoms with E-state index in [4.69, 9.17) is 4.74 Å². The molecule has 0 radical (unpaired) electrons. The highest BCUT2D eigenvalue weighted by Crippen LogP contribution is 2.23. The lowest BCUT2D eigenvalue weighted by Gasteiger charge is -2.08. The highest BCUT2D eigenvalue weighted by Gasteiger charge is 2.22. The summed E-state index contributed by atoms with van der Waals surface area (Å²) in [5.41, 5.74) is 0.949. The van der Waals surface area contributed by atoms with Crippen molar-refractivity contribution in [1.29, 1.82) is 0 Å². The first-order chi connectivity index (χ1) is 7.78. The largest absolute Gasteiger partial charge is 0.478 e. The van der Waals surface area contributed by atoms with Crippen LogP contribution >= 0.6 is 0 Å². The number of aromatic nitrogens is 2. The molecular weight excluding hydrogens is 202 g/mol. The Labute approximate surface area is 96.4 Å². The summed E-state index contributed by atoms with van der Waals surface area (Å²) in [5.74, 6) is 1.39. The van der Waals surface area contributed by atoms with Gasteiger partial charge < -0.3 is 10.1 Å². The monoisotopic (exact) mass is 221 g/mol. The van der Waals surface area contributed by atoms with Gasteiger partial charge in [0.05, 0.1) is 6.61 Å². The standard InChI is InChI=1S/C12H19N3O/c1-3-4-7-16-11-8-9(2)13-12(15-11)14-10-5-6-10/h8,10H,3-7H2,1-2H3,(H,13,14,15). The predicted octanol–water partition coefficient (Wildman–Crippen LogP) is 2.54. The smallest absolute Gasteiger partial charge is 0.226 e. The van der Waals surface area contributed by atoms with Crippen LogP contribution in [0.2, 0.25) is 0 Å². The zero-order chi connectivity index (χ0) is 11.4. The van der Waals surface area contributed by atoms with E-state index in [2.05, 4.69) is 22.2 Å². The molecule has 0 aromatic carbocycles. The molecule has 0 aliphatic heterocycles. The van der Waals surface area contributed by atoms with Crippen LogP contribution < -0.4 is 10.1 Å². The molecule has 1 heterocycles. The molecule has 1 aliphatic rings. The fraction of sp³-hybridized carbons (Fsp3) is 0.667. The third-order valence-electron chi connectivity index (χ3n) is 2.49. The molecule has 0 amide bonds. The molecule has 0 unspecified atom stereocenters. The van der Waals surface area contributed by atoms with Crippen molar-refractivity contribution in [3.8, 4) is 5.88 Å². The van der Waals surface area contributed by atoms with Crippen LogP contribution in [0.1, 0.15) is 38.3 Å². The van der Waals surface area contributed by atoms with Crippen molar-refractivity contribution in [2.24, 2.45) is 0 Å². The van der Waals surface area contributed by atoms with Crippen LogP contribution in [0.4, 0.5) is 5.95 Å². The quantitative estimate of drug-likeness (QED) is 0.750. The van der Waals surface area contributed by atoms with Gasteiger partial charge in [-0.05, 0) is 26.2 Å². The van der Waals surface area contributed by atoms with Gasteiger partial charge >= 0.3 is 0 Å². The van der Waals surface area contributed by atoms with Gasteiger partial charge in [-0.1, -0.05) is 13.3 Å². The van der Waals surface area contributed by atoms with E-state index in [0.717, 1.165) is 25.1 Å². The minimum atomic E-state index is 0.574. The van der Waals surface area contributed by atoms with Gasteiger partial charge in [0.1, 0.15) is 0 Å². The molecule has 1 aliphatic carbocycles. The minimum Gasteiger partial charge on any atom is -0.478 e. The molecular formula is C12H19N3O. The van der Waals surface area contributed by atoms with E-state index < -0.39 is 0 Å². The summed E-state index contributed by atoms with van der Waals surface area (Å²) >= 11 is 0. The van der Waals surface area contributed by atoms with Crippen LogP contribution in [-0.2, 0) is 0 Å². The van der Waals surface area contributed by atoms with E-state index in [0.29, 0.717) is 17.9 Å². The van der Waals surface area contributed by atoms with Gasteiger partial charge in [-0.2, -0.15) is 4.98 Å². The van der Waals surface area contributed by atoms with E-state index >= 15 is 0 Å². The number of ether oxygens (including phenoxy) is 1. The first-order valence-corrected chi connectivity index (χ1v) is 6.03. The second-order valence-electron chi connectivity index (χ2n) is 4.29. The average molecular weight is 221 g/mol. The van der Waals surface area contributed by atoms with Crippen molar-refractivity contribution in [3.05, 3.63) is 11.8 Å². The van der Waals surface area contributed by atoms with Gasteiger partial charge in [-0.15, -0.1) is 0 Å². The SMILES string of the molecule is CCCCOc1cc(C)nc(NC2CC2)n1. The number of nitrogens with zero attached hydrogens (tertiary/aromatic N) is 2. The third-order valence-corrected chi connectivity index (χ3v) is 2.49. The van der Waals surface area contributed by atoms with Crippen molar-refractivity contribution in [1.82, 2.24) is 9.97 Å². The lowest BCUT2D eigenvalue weighted by Crippen LogP contribution is -2.08. The predicted molar refractivity (Wildman–Crippen MR) is 63.8 cm³/mol. The molecule has 0 bridgehead atoms. The van der Waals surface area contributed by atoms with E-state index in [1.54, 1.807) is 0 Å². The van der Waals surface area contributed by atoms with Gasteiger partial charge in [0.25, 0.3) is 0 Å². The molecule has 0 saturated heterocycles. The average Bonchev–Trinajstić information content (AvgIpc) is 3.01. The number of hydrogen-bond acceptors (Lipinski definition) is 4. The molecule has 1 aromatic rings. The van der Waals surface area contributed by atoms with Crippen molar-refractivity contribution in [2.45, 2.75) is 45.6 Å². The Morgan fingerprint density at radius 3 is 2.94 bits per heavy atom. The maximum absolute atomic E-state index is 5.58. The highest BCUT2D eigenvalue weighted by atomic mass is 16.5.